The molecule has 0 radical (unpaired) electrons. The van der Waals surface area contributed by atoms with Crippen LogP contribution >= 0.6 is 0 Å². The highest BCUT2D eigenvalue weighted by atomic mass is 15.2. The summed E-state index contributed by atoms with van der Waals surface area (Å²) in [4.78, 5) is 0. The molecule has 0 N–H and O–H groups in total. The average molecular weight is 991 g/mol. The number of nitrogens with zero attached hydrogens (tertiary/aromatic N) is 4. The van der Waals surface area contributed by atoms with E-state index in [2.05, 4.69) is 263 Å². The molecule has 0 saturated heterocycles. The molecule has 1 fully saturated rings. The van der Waals surface area contributed by atoms with Gasteiger partial charge in [0.25, 0.3) is 11.6 Å². The van der Waals surface area contributed by atoms with Crippen LogP contribution in [0.15, 0.2) is 182 Å². The lowest BCUT2D eigenvalue weighted by Gasteiger charge is -2.27. The molecule has 1 atom stereocenters. The predicted octanol–water partition coefficient (Wildman–Crippen LogP) is 18.3. The van der Waals surface area contributed by atoms with Crippen molar-refractivity contribution >= 4 is 5.57 Å². The summed E-state index contributed by atoms with van der Waals surface area (Å²) in [7, 11) is 2.21. The van der Waals surface area contributed by atoms with Crippen LogP contribution in [0, 0.1) is 26.7 Å². The number of imidazole rings is 2. The zero-order valence-corrected chi connectivity index (χ0v) is 46.6. The van der Waals surface area contributed by atoms with Gasteiger partial charge < -0.3 is 0 Å². The summed E-state index contributed by atoms with van der Waals surface area (Å²) in [5, 5.41) is 0. The van der Waals surface area contributed by atoms with E-state index in [9.17, 15) is 0 Å². The molecule has 3 heterocycles. The molecule has 8 aromatic rings. The maximum Gasteiger partial charge on any atom is 0.294 e. The Labute approximate surface area is 450 Å². The lowest BCUT2D eigenvalue weighted by molar-refractivity contribution is -0.671. The predicted molar refractivity (Wildman–Crippen MR) is 318 cm³/mol. The van der Waals surface area contributed by atoms with E-state index in [1.807, 2.05) is 0 Å². The Bertz CT molecular complexity index is 3270. The molecule has 11 rings (SSSR count). The summed E-state index contributed by atoms with van der Waals surface area (Å²) in [6.45, 7) is 18.7. The molecule has 1 aliphatic heterocycles. The van der Waals surface area contributed by atoms with Crippen LogP contribution in [-0.2, 0) is 13.6 Å². The summed E-state index contributed by atoms with van der Waals surface area (Å²) in [6, 6.07) is 49.4. The van der Waals surface area contributed by atoms with E-state index in [0.717, 1.165) is 6.54 Å². The third kappa shape index (κ3) is 11.6. The molecule has 0 spiro atoms. The minimum absolute atomic E-state index is 0.398. The molecule has 2 aromatic heterocycles. The molecule has 1 unspecified atom stereocenters. The smallest absolute Gasteiger partial charge is 0.232 e. The maximum absolute atomic E-state index is 2.60. The number of allylic oxidation sites excluding steroid dienone is 6. The third-order valence-electron chi connectivity index (χ3n) is 15.5. The number of hydrogen-bond donors (Lipinski definition) is 0. The number of aromatic nitrogens is 4. The first-order chi connectivity index (χ1) is 36.6. The summed E-state index contributed by atoms with van der Waals surface area (Å²) in [5.74, 6) is 4.23. The van der Waals surface area contributed by atoms with E-state index >= 15 is 0 Å². The van der Waals surface area contributed by atoms with Crippen LogP contribution in [0.2, 0.25) is 0 Å². The van der Waals surface area contributed by atoms with Crippen molar-refractivity contribution < 1.29 is 9.13 Å². The number of para-hydroxylation sites is 1. The van der Waals surface area contributed by atoms with Crippen LogP contribution in [0.25, 0.3) is 62.0 Å². The van der Waals surface area contributed by atoms with Gasteiger partial charge in [-0.1, -0.05) is 218 Å². The molecule has 4 nitrogen and oxygen atoms in total. The van der Waals surface area contributed by atoms with Crippen molar-refractivity contribution in [1.29, 1.82) is 0 Å². The lowest BCUT2D eigenvalue weighted by Crippen LogP contribution is -2.30. The summed E-state index contributed by atoms with van der Waals surface area (Å²) >= 11 is 0. The second-order valence-electron chi connectivity index (χ2n) is 21.7. The molecule has 6 aromatic carbocycles. The van der Waals surface area contributed by atoms with Gasteiger partial charge in [0.2, 0.25) is 0 Å². The molecule has 3 aliphatic rings. The van der Waals surface area contributed by atoms with Gasteiger partial charge >= 0.3 is 0 Å². The SMILES string of the molecule is CCC.CCCC(CCC)c1cccc(C2CCCCC2)c1-n1c(C)c[n+](C)c1-c1ccc(C)cc1.Cc1ccc2c(c1)C[n+]1ccn(-c3c(C4=CC=CC(C)C=C4)cc(-c4ccccc4)cc3-c3ccccc3)c1-2. The van der Waals surface area contributed by atoms with Crippen LogP contribution in [0.1, 0.15) is 150 Å². The fourth-order valence-corrected chi connectivity index (χ4v) is 12.0. The van der Waals surface area contributed by atoms with Crippen LogP contribution in [0.4, 0.5) is 0 Å². The van der Waals surface area contributed by atoms with Crippen molar-refractivity contribution in [3.63, 3.8) is 0 Å². The molecular formula is C71H82N4+2. The van der Waals surface area contributed by atoms with Crippen molar-refractivity contribution in [2.45, 2.75) is 138 Å². The van der Waals surface area contributed by atoms with Crippen molar-refractivity contribution in [1.82, 2.24) is 9.13 Å². The molecule has 0 amide bonds. The fourth-order valence-electron chi connectivity index (χ4n) is 12.0. The van der Waals surface area contributed by atoms with E-state index in [0.29, 0.717) is 17.8 Å². The van der Waals surface area contributed by atoms with Gasteiger partial charge in [-0.05, 0) is 110 Å². The quantitative estimate of drug-likeness (QED) is 0.109. The normalized spacial score (nSPS) is 14.9. The van der Waals surface area contributed by atoms with E-state index in [1.165, 1.54) is 154 Å². The molecule has 4 heteroatoms. The van der Waals surface area contributed by atoms with Gasteiger partial charge in [0.1, 0.15) is 42.2 Å². The summed E-state index contributed by atoms with van der Waals surface area (Å²) in [5.41, 5.74) is 21.1. The van der Waals surface area contributed by atoms with E-state index in [-0.39, 0.29) is 0 Å². The van der Waals surface area contributed by atoms with Crippen molar-refractivity contribution in [2.24, 2.45) is 13.0 Å². The Morgan fingerprint density at radius 3 is 1.97 bits per heavy atom. The largest absolute Gasteiger partial charge is 0.294 e. The topological polar surface area (TPSA) is 17.6 Å². The zero-order valence-electron chi connectivity index (χ0n) is 46.6. The molecule has 384 valence electrons. The number of aryl methyl sites for hydroxylation is 4. The first kappa shape index (κ1) is 52.8. The molecular weight excluding hydrogens is 909 g/mol. The standard InChI is InChI=1S/C37H31N2.C31H43N2.C3H8/c1-26-10-9-15-30(18-16-26)35-24-31(28-11-5-3-6-12-28)23-34(29-13-7-4-8-14-29)36(35)39-21-20-38-25-32-22-27(2)17-19-33(32)37(38)39;1-6-12-25(13-7-2)28-16-11-17-29(26-14-9-8-10-15-26)30(28)33-24(4)22-32(5)31(33)27-20-18-23(3)19-21-27;1-3-2/h3-24,26H,25H2,1-2H3;11,16-22,25-26H,6-10,12-15H2,1-5H3;3H2,1-2H3/q2*+1;. The Morgan fingerprint density at radius 1 is 0.613 bits per heavy atom. The Kier molecular flexibility index (Phi) is 17.3. The van der Waals surface area contributed by atoms with Gasteiger partial charge in [-0.25, -0.2) is 9.13 Å². The monoisotopic (exact) mass is 991 g/mol. The second kappa shape index (κ2) is 24.5. The van der Waals surface area contributed by atoms with E-state index < -0.39 is 0 Å². The average Bonchev–Trinajstić information content (AvgIpc) is 4.08. The third-order valence-corrected chi connectivity index (χ3v) is 15.5. The van der Waals surface area contributed by atoms with Gasteiger partial charge in [-0.3, -0.25) is 0 Å². The van der Waals surface area contributed by atoms with E-state index in [4.69, 9.17) is 0 Å². The van der Waals surface area contributed by atoms with Crippen LogP contribution in [-0.4, -0.2) is 9.13 Å². The lowest BCUT2D eigenvalue weighted by atomic mass is 9.80. The number of rotatable bonds is 12. The summed E-state index contributed by atoms with van der Waals surface area (Å²) < 4.78 is 9.73. The highest BCUT2D eigenvalue weighted by molar-refractivity contribution is 5.92. The van der Waals surface area contributed by atoms with E-state index in [1.54, 1.807) is 11.1 Å². The maximum atomic E-state index is 2.60. The first-order valence-electron chi connectivity index (χ1n) is 28.5. The molecule has 2 aliphatic carbocycles. The molecule has 0 bridgehead atoms. The van der Waals surface area contributed by atoms with Gasteiger partial charge in [-0.15, -0.1) is 0 Å². The Morgan fingerprint density at radius 2 is 1.28 bits per heavy atom. The van der Waals surface area contributed by atoms with Gasteiger partial charge in [-0.2, -0.15) is 9.13 Å². The second-order valence-corrected chi connectivity index (χ2v) is 21.7. The van der Waals surface area contributed by atoms with Crippen LogP contribution < -0.4 is 9.13 Å². The zero-order chi connectivity index (χ0) is 52.4. The number of benzene rings is 6. The van der Waals surface area contributed by atoms with Gasteiger partial charge in [0.05, 0.1) is 18.2 Å². The molecule has 75 heavy (non-hydrogen) atoms. The number of hydrogen-bond acceptors (Lipinski definition) is 0. The van der Waals surface area contributed by atoms with Crippen LogP contribution in [0.3, 0.4) is 0 Å². The van der Waals surface area contributed by atoms with Crippen molar-refractivity contribution in [2.75, 3.05) is 0 Å². The highest BCUT2D eigenvalue weighted by Gasteiger charge is 2.34. The highest BCUT2D eigenvalue weighted by Crippen LogP contribution is 2.44. The minimum atomic E-state index is 0.398. The Balaban J connectivity index is 0.000000177. The van der Waals surface area contributed by atoms with Gasteiger partial charge in [0, 0.05) is 34.7 Å². The minimum Gasteiger partial charge on any atom is -0.232 e. The van der Waals surface area contributed by atoms with Crippen molar-refractivity contribution in [3.05, 3.63) is 222 Å². The first-order valence-corrected chi connectivity index (χ1v) is 28.5. The van der Waals surface area contributed by atoms with Crippen LogP contribution in [0.5, 0.6) is 0 Å². The molecule has 1 saturated carbocycles. The Hall–Kier alpha value is -7.04. The van der Waals surface area contributed by atoms with Gasteiger partial charge in [0.15, 0.2) is 0 Å². The van der Waals surface area contributed by atoms with Crippen molar-refractivity contribution in [3.8, 4) is 56.4 Å². The fraction of sp³-hybridized carbons (Fsp3) is 0.324. The number of fused-ring (bicyclic) bond motifs is 3. The summed E-state index contributed by atoms with van der Waals surface area (Å²) in [6.07, 6.45) is 31.1.